The van der Waals surface area contributed by atoms with Gasteiger partial charge in [-0.1, -0.05) is 31.9 Å². The van der Waals surface area contributed by atoms with E-state index in [1.165, 1.54) is 0 Å². The zero-order valence-corrected chi connectivity index (χ0v) is 9.05. The number of hydrogen-bond acceptors (Lipinski definition) is 2. The lowest BCUT2D eigenvalue weighted by Crippen LogP contribution is -2.63. The third-order valence-corrected chi connectivity index (χ3v) is 5.48. The molecule has 1 aliphatic rings. The molecule has 1 saturated carbocycles. The monoisotopic (exact) mass is 300 g/mol. The highest BCUT2D eigenvalue weighted by atomic mass is 79.9. The van der Waals surface area contributed by atoms with Crippen LogP contribution in [0.3, 0.4) is 0 Å². The van der Waals surface area contributed by atoms with E-state index in [1.54, 1.807) is 0 Å². The van der Waals surface area contributed by atoms with Gasteiger partial charge in [0.2, 0.25) is 0 Å². The lowest BCUT2D eigenvalue weighted by atomic mass is 9.73. The van der Waals surface area contributed by atoms with E-state index in [1.807, 2.05) is 0 Å². The first-order chi connectivity index (χ1) is 5.34. The molecule has 0 aromatic carbocycles. The van der Waals surface area contributed by atoms with E-state index in [-0.39, 0.29) is 0 Å². The first kappa shape index (κ1) is 9.98. The quantitative estimate of drug-likeness (QED) is 0.752. The van der Waals surface area contributed by atoms with Gasteiger partial charge in [-0.25, -0.2) is 0 Å². The average molecular weight is 302 g/mol. The van der Waals surface area contributed by atoms with Crippen molar-refractivity contribution in [2.24, 2.45) is 0 Å². The highest BCUT2D eigenvalue weighted by molar-refractivity contribution is 9.13. The van der Waals surface area contributed by atoms with Gasteiger partial charge in [-0.3, -0.25) is 9.59 Å². The molecule has 4 nitrogen and oxygen atoms in total. The summed E-state index contributed by atoms with van der Waals surface area (Å²) < 4.78 is -2.71. The summed E-state index contributed by atoms with van der Waals surface area (Å²) >= 11 is 5.86. The summed E-state index contributed by atoms with van der Waals surface area (Å²) in [7, 11) is 0. The van der Waals surface area contributed by atoms with E-state index in [2.05, 4.69) is 31.9 Å². The molecule has 0 aromatic heterocycles. The summed E-state index contributed by atoms with van der Waals surface area (Å²) in [5.41, 5.74) is 0. The molecule has 0 spiro atoms. The van der Waals surface area contributed by atoms with Crippen molar-refractivity contribution in [2.45, 2.75) is 21.5 Å². The number of rotatable bonds is 2. The molecule has 0 aromatic rings. The smallest absolute Gasteiger partial charge is 0.322 e. The Labute approximate surface area is 85.2 Å². The van der Waals surface area contributed by atoms with E-state index in [9.17, 15) is 9.59 Å². The molecule has 6 heteroatoms. The number of carboxylic acid groups (broad SMARTS) is 2. The average Bonchev–Trinajstić information content (AvgIpc) is 1.98. The molecule has 2 atom stereocenters. The van der Waals surface area contributed by atoms with Crippen molar-refractivity contribution in [3.63, 3.8) is 0 Å². The van der Waals surface area contributed by atoms with Crippen LogP contribution in [0.1, 0.15) is 12.8 Å². The van der Waals surface area contributed by atoms with Crippen molar-refractivity contribution in [1.29, 1.82) is 0 Å². The lowest BCUT2D eigenvalue weighted by molar-refractivity contribution is -0.153. The number of carbonyl (C=O) groups is 2. The minimum atomic E-state index is -1.36. The second kappa shape index (κ2) is 2.70. The van der Waals surface area contributed by atoms with E-state index >= 15 is 0 Å². The first-order valence-electron chi connectivity index (χ1n) is 3.19. The fourth-order valence-electron chi connectivity index (χ4n) is 1.12. The number of hydrogen-bond donors (Lipinski definition) is 2. The number of alkyl halides is 2. The molecule has 0 saturated heterocycles. The van der Waals surface area contributed by atoms with Gasteiger partial charge < -0.3 is 10.2 Å². The maximum atomic E-state index is 10.7. The van der Waals surface area contributed by atoms with Crippen LogP contribution < -0.4 is 0 Å². The third kappa shape index (κ3) is 1.01. The van der Waals surface area contributed by atoms with Crippen LogP contribution in [0, 0.1) is 0 Å². The van der Waals surface area contributed by atoms with Gasteiger partial charge in [0.1, 0.15) is 8.65 Å². The molecule has 1 aliphatic carbocycles. The Morgan fingerprint density at radius 1 is 1.00 bits per heavy atom. The molecular weight excluding hydrogens is 296 g/mol. The zero-order valence-electron chi connectivity index (χ0n) is 5.88. The number of aliphatic carboxylic acids is 2. The maximum Gasteiger partial charge on any atom is 0.322 e. The highest BCUT2D eigenvalue weighted by Gasteiger charge is 2.66. The SMILES string of the molecule is O=C(O)C1(Br)CCC1(Br)C(=O)O. The van der Waals surface area contributed by atoms with Crippen LogP contribution in [-0.4, -0.2) is 30.8 Å². The van der Waals surface area contributed by atoms with Crippen LogP contribution in [0.15, 0.2) is 0 Å². The molecule has 68 valence electrons. The Balaban J connectivity index is 2.97. The molecule has 12 heavy (non-hydrogen) atoms. The predicted octanol–water partition coefficient (Wildman–Crippen LogP) is 1.22. The van der Waals surface area contributed by atoms with Gasteiger partial charge in [-0.2, -0.15) is 0 Å². The molecule has 0 amide bonds. The summed E-state index contributed by atoms with van der Waals surface area (Å²) in [4.78, 5) is 21.4. The molecule has 2 unspecified atom stereocenters. The Morgan fingerprint density at radius 2 is 1.25 bits per heavy atom. The van der Waals surface area contributed by atoms with E-state index < -0.39 is 20.6 Å². The Bertz CT molecular complexity index is 228. The van der Waals surface area contributed by atoms with Crippen LogP contribution >= 0.6 is 31.9 Å². The summed E-state index contributed by atoms with van der Waals surface area (Å²) in [6, 6.07) is 0. The highest BCUT2D eigenvalue weighted by Crippen LogP contribution is 2.55. The molecular formula is C6H6Br2O4. The van der Waals surface area contributed by atoms with E-state index in [0.29, 0.717) is 12.8 Å². The largest absolute Gasteiger partial charge is 0.480 e. The van der Waals surface area contributed by atoms with Gasteiger partial charge in [0.15, 0.2) is 0 Å². The zero-order chi connectivity index (χ0) is 9.57. The normalized spacial score (nSPS) is 40.2. The van der Waals surface area contributed by atoms with Crippen molar-refractivity contribution in [1.82, 2.24) is 0 Å². The third-order valence-electron chi connectivity index (χ3n) is 2.12. The molecule has 0 aliphatic heterocycles. The van der Waals surface area contributed by atoms with Crippen molar-refractivity contribution in [3.8, 4) is 0 Å². The van der Waals surface area contributed by atoms with Crippen molar-refractivity contribution >= 4 is 43.8 Å². The van der Waals surface area contributed by atoms with Crippen molar-refractivity contribution < 1.29 is 19.8 Å². The summed E-state index contributed by atoms with van der Waals surface area (Å²) in [6.07, 6.45) is 0.639. The van der Waals surface area contributed by atoms with Crippen LogP contribution in [0.25, 0.3) is 0 Å². The molecule has 0 bridgehead atoms. The molecule has 1 fully saturated rings. The molecule has 0 radical (unpaired) electrons. The van der Waals surface area contributed by atoms with E-state index in [0.717, 1.165) is 0 Å². The van der Waals surface area contributed by atoms with Crippen molar-refractivity contribution in [3.05, 3.63) is 0 Å². The fraction of sp³-hybridized carbons (Fsp3) is 0.667. The summed E-state index contributed by atoms with van der Waals surface area (Å²) in [5.74, 6) is -2.29. The van der Waals surface area contributed by atoms with Gasteiger partial charge in [-0.15, -0.1) is 0 Å². The van der Waals surface area contributed by atoms with Crippen molar-refractivity contribution in [2.75, 3.05) is 0 Å². The molecule has 0 heterocycles. The minimum absolute atomic E-state index is 0.319. The number of halogens is 2. The molecule has 2 N–H and O–H groups in total. The van der Waals surface area contributed by atoms with Gasteiger partial charge >= 0.3 is 11.9 Å². The predicted molar refractivity (Wildman–Crippen MR) is 47.8 cm³/mol. The first-order valence-corrected chi connectivity index (χ1v) is 4.78. The van der Waals surface area contributed by atoms with Gasteiger partial charge in [0, 0.05) is 0 Å². The minimum Gasteiger partial charge on any atom is -0.480 e. The Hall–Kier alpha value is -0.100. The molecule has 1 rings (SSSR count). The van der Waals surface area contributed by atoms with Gasteiger partial charge in [-0.05, 0) is 12.8 Å². The number of carboxylic acids is 2. The van der Waals surface area contributed by atoms with Crippen LogP contribution in [-0.2, 0) is 9.59 Å². The topological polar surface area (TPSA) is 74.6 Å². The van der Waals surface area contributed by atoms with Gasteiger partial charge in [0.25, 0.3) is 0 Å². The summed E-state index contributed by atoms with van der Waals surface area (Å²) in [6.45, 7) is 0. The second-order valence-corrected chi connectivity index (χ2v) is 5.42. The Morgan fingerprint density at radius 3 is 1.33 bits per heavy atom. The standard InChI is InChI=1S/C6H6Br2O4/c7-5(3(9)10)1-2-6(5,8)4(11)12/h1-2H2,(H,9,10)(H,11,12). The summed E-state index contributed by atoms with van der Waals surface area (Å²) in [5, 5.41) is 17.5. The van der Waals surface area contributed by atoms with Crippen LogP contribution in [0.4, 0.5) is 0 Å². The second-order valence-electron chi connectivity index (χ2n) is 2.71. The maximum absolute atomic E-state index is 10.7. The van der Waals surface area contributed by atoms with E-state index in [4.69, 9.17) is 10.2 Å². The Kier molecular flexibility index (Phi) is 2.24. The lowest BCUT2D eigenvalue weighted by Gasteiger charge is -2.46. The van der Waals surface area contributed by atoms with Crippen LogP contribution in [0.5, 0.6) is 0 Å². The van der Waals surface area contributed by atoms with Crippen LogP contribution in [0.2, 0.25) is 0 Å². The van der Waals surface area contributed by atoms with Gasteiger partial charge in [0.05, 0.1) is 0 Å². The fourth-order valence-corrected chi connectivity index (χ4v) is 2.25.